The van der Waals surface area contributed by atoms with Gasteiger partial charge in [0.1, 0.15) is 0 Å². The number of ether oxygens (including phenoxy) is 2. The Morgan fingerprint density at radius 2 is 2.05 bits per heavy atom. The Balaban J connectivity index is 0.00000180. The summed E-state index contributed by atoms with van der Waals surface area (Å²) in [7, 11) is 1.76. The number of rotatable bonds is 3. The zero-order valence-electron chi connectivity index (χ0n) is 11.4. The fourth-order valence-corrected chi connectivity index (χ4v) is 1.70. The second-order valence-electron chi connectivity index (χ2n) is 4.41. The number of guanidine groups is 1. The number of nitrogens with one attached hydrogen (secondary N) is 2. The van der Waals surface area contributed by atoms with Gasteiger partial charge in [0.15, 0.2) is 17.5 Å². The monoisotopic (exact) mass is 377 g/mol. The van der Waals surface area contributed by atoms with Gasteiger partial charge in [-0.3, -0.25) is 4.99 Å². The van der Waals surface area contributed by atoms with Crippen LogP contribution in [0, 0.1) is 0 Å². The lowest BCUT2D eigenvalue weighted by atomic mass is 10.2. The van der Waals surface area contributed by atoms with Crippen LogP contribution in [0.15, 0.2) is 23.2 Å². The molecule has 1 aromatic rings. The molecule has 0 aliphatic carbocycles. The van der Waals surface area contributed by atoms with Crippen molar-refractivity contribution in [2.24, 2.45) is 4.99 Å². The van der Waals surface area contributed by atoms with E-state index >= 15 is 0 Å². The van der Waals surface area contributed by atoms with Gasteiger partial charge in [0.05, 0.1) is 0 Å². The van der Waals surface area contributed by atoms with Crippen molar-refractivity contribution in [1.82, 2.24) is 10.6 Å². The molecule has 1 heterocycles. The van der Waals surface area contributed by atoms with Gasteiger partial charge in [0, 0.05) is 19.6 Å². The average molecular weight is 377 g/mol. The third-order valence-electron chi connectivity index (χ3n) is 2.55. The van der Waals surface area contributed by atoms with E-state index in [2.05, 4.69) is 29.5 Å². The fraction of sp³-hybridized carbons (Fsp3) is 0.462. The van der Waals surface area contributed by atoms with Crippen LogP contribution in [0.5, 0.6) is 11.5 Å². The molecule has 0 amide bonds. The number of benzene rings is 1. The summed E-state index contributed by atoms with van der Waals surface area (Å²) >= 11 is 0. The lowest BCUT2D eigenvalue weighted by Gasteiger charge is -2.14. The SMILES string of the molecule is CN=C(NCc1ccc2c(c1)OCO2)NC(C)C.I. The summed E-state index contributed by atoms with van der Waals surface area (Å²) in [4.78, 5) is 4.15. The highest BCUT2D eigenvalue weighted by Crippen LogP contribution is 2.32. The Labute approximate surface area is 130 Å². The van der Waals surface area contributed by atoms with Gasteiger partial charge < -0.3 is 20.1 Å². The van der Waals surface area contributed by atoms with E-state index in [4.69, 9.17) is 9.47 Å². The van der Waals surface area contributed by atoms with E-state index in [1.54, 1.807) is 7.05 Å². The zero-order valence-corrected chi connectivity index (χ0v) is 13.7. The van der Waals surface area contributed by atoms with E-state index in [1.165, 1.54) is 0 Å². The quantitative estimate of drug-likeness (QED) is 0.481. The maximum absolute atomic E-state index is 5.34. The molecule has 1 aliphatic heterocycles. The standard InChI is InChI=1S/C13H19N3O2.HI/c1-9(2)16-13(14-3)15-7-10-4-5-11-12(6-10)18-8-17-11;/h4-6,9H,7-8H2,1-3H3,(H2,14,15,16);1H. The molecule has 1 aliphatic rings. The van der Waals surface area contributed by atoms with Crippen molar-refractivity contribution < 1.29 is 9.47 Å². The Kier molecular flexibility index (Phi) is 6.20. The van der Waals surface area contributed by atoms with Crippen LogP contribution in [-0.4, -0.2) is 25.8 Å². The first kappa shape index (κ1) is 15.9. The number of halogens is 1. The van der Waals surface area contributed by atoms with Crippen LogP contribution in [-0.2, 0) is 6.54 Å². The molecule has 0 bridgehead atoms. The molecule has 0 atom stereocenters. The maximum Gasteiger partial charge on any atom is 0.231 e. The van der Waals surface area contributed by atoms with Gasteiger partial charge in [0.2, 0.25) is 6.79 Å². The van der Waals surface area contributed by atoms with Crippen molar-refractivity contribution in [3.63, 3.8) is 0 Å². The summed E-state index contributed by atoms with van der Waals surface area (Å²) in [5.74, 6) is 2.41. The summed E-state index contributed by atoms with van der Waals surface area (Å²) in [6.45, 7) is 5.16. The minimum absolute atomic E-state index is 0. The van der Waals surface area contributed by atoms with Crippen LogP contribution in [0.2, 0.25) is 0 Å². The van der Waals surface area contributed by atoms with Gasteiger partial charge >= 0.3 is 0 Å². The number of aliphatic imine (C=N–C) groups is 1. The lowest BCUT2D eigenvalue weighted by Crippen LogP contribution is -2.40. The van der Waals surface area contributed by atoms with Crippen LogP contribution in [0.3, 0.4) is 0 Å². The molecule has 0 radical (unpaired) electrons. The van der Waals surface area contributed by atoms with E-state index in [1.807, 2.05) is 18.2 Å². The molecule has 6 heteroatoms. The van der Waals surface area contributed by atoms with Gasteiger partial charge in [-0.2, -0.15) is 0 Å². The topological polar surface area (TPSA) is 54.9 Å². The van der Waals surface area contributed by atoms with Gasteiger partial charge in [-0.25, -0.2) is 0 Å². The maximum atomic E-state index is 5.34. The minimum atomic E-state index is 0. The van der Waals surface area contributed by atoms with E-state index < -0.39 is 0 Å². The Morgan fingerprint density at radius 1 is 1.32 bits per heavy atom. The summed E-state index contributed by atoms with van der Waals surface area (Å²) in [6, 6.07) is 6.28. The molecule has 106 valence electrons. The van der Waals surface area contributed by atoms with Gasteiger partial charge in [-0.1, -0.05) is 6.07 Å². The molecule has 0 saturated carbocycles. The smallest absolute Gasteiger partial charge is 0.231 e. The first-order chi connectivity index (χ1) is 8.69. The second-order valence-corrected chi connectivity index (χ2v) is 4.41. The molecule has 0 spiro atoms. The zero-order chi connectivity index (χ0) is 13.0. The number of hydrogen-bond donors (Lipinski definition) is 2. The van der Waals surface area contributed by atoms with Crippen molar-refractivity contribution >= 4 is 29.9 Å². The van der Waals surface area contributed by atoms with Crippen LogP contribution in [0.4, 0.5) is 0 Å². The highest BCUT2D eigenvalue weighted by molar-refractivity contribution is 14.0. The minimum Gasteiger partial charge on any atom is -0.454 e. The van der Waals surface area contributed by atoms with Crippen LogP contribution >= 0.6 is 24.0 Å². The van der Waals surface area contributed by atoms with Crippen LogP contribution in [0.1, 0.15) is 19.4 Å². The largest absolute Gasteiger partial charge is 0.454 e. The first-order valence-corrected chi connectivity index (χ1v) is 6.04. The molecular formula is C13H20IN3O2. The normalized spacial score (nSPS) is 13.2. The second kappa shape index (κ2) is 7.42. The third-order valence-corrected chi connectivity index (χ3v) is 2.55. The number of fused-ring (bicyclic) bond motifs is 1. The van der Waals surface area contributed by atoms with Crippen molar-refractivity contribution in [2.45, 2.75) is 26.4 Å². The first-order valence-electron chi connectivity index (χ1n) is 6.04. The van der Waals surface area contributed by atoms with Crippen molar-refractivity contribution in [3.8, 4) is 11.5 Å². The van der Waals surface area contributed by atoms with Crippen LogP contribution < -0.4 is 20.1 Å². The van der Waals surface area contributed by atoms with Gasteiger partial charge in [0.25, 0.3) is 0 Å². The Morgan fingerprint density at radius 3 is 2.74 bits per heavy atom. The Bertz CT molecular complexity index is 450. The Hall–Kier alpha value is -1.18. The predicted octanol–water partition coefficient (Wildman–Crippen LogP) is 2.11. The molecule has 19 heavy (non-hydrogen) atoms. The van der Waals surface area contributed by atoms with Crippen LogP contribution in [0.25, 0.3) is 0 Å². The lowest BCUT2D eigenvalue weighted by molar-refractivity contribution is 0.174. The molecule has 0 saturated heterocycles. The summed E-state index contributed by atoms with van der Waals surface area (Å²) in [5, 5.41) is 6.49. The molecule has 1 aromatic carbocycles. The summed E-state index contributed by atoms with van der Waals surface area (Å²) in [6.07, 6.45) is 0. The molecule has 0 fully saturated rings. The van der Waals surface area contributed by atoms with E-state index in [0.717, 1.165) is 23.0 Å². The average Bonchev–Trinajstić information content (AvgIpc) is 2.81. The van der Waals surface area contributed by atoms with Gasteiger partial charge in [-0.15, -0.1) is 24.0 Å². The predicted molar refractivity (Wildman–Crippen MR) is 86.5 cm³/mol. The molecule has 0 aromatic heterocycles. The van der Waals surface area contributed by atoms with Crippen molar-refractivity contribution in [1.29, 1.82) is 0 Å². The molecular weight excluding hydrogens is 357 g/mol. The fourth-order valence-electron chi connectivity index (χ4n) is 1.70. The molecule has 2 N–H and O–H groups in total. The molecule has 2 rings (SSSR count). The van der Waals surface area contributed by atoms with Crippen molar-refractivity contribution in [2.75, 3.05) is 13.8 Å². The molecule has 0 unspecified atom stereocenters. The highest BCUT2D eigenvalue weighted by atomic mass is 127. The molecule has 5 nitrogen and oxygen atoms in total. The number of nitrogens with zero attached hydrogens (tertiary/aromatic N) is 1. The third kappa shape index (κ3) is 4.45. The summed E-state index contributed by atoms with van der Waals surface area (Å²) in [5.41, 5.74) is 1.13. The van der Waals surface area contributed by atoms with E-state index in [9.17, 15) is 0 Å². The number of hydrogen-bond acceptors (Lipinski definition) is 3. The highest BCUT2D eigenvalue weighted by Gasteiger charge is 2.13. The van der Waals surface area contributed by atoms with Crippen molar-refractivity contribution in [3.05, 3.63) is 23.8 Å². The van der Waals surface area contributed by atoms with E-state index in [0.29, 0.717) is 19.4 Å². The van der Waals surface area contributed by atoms with Gasteiger partial charge in [-0.05, 0) is 31.5 Å². The van der Waals surface area contributed by atoms with E-state index in [-0.39, 0.29) is 24.0 Å². The summed E-state index contributed by atoms with van der Waals surface area (Å²) < 4.78 is 10.6.